The van der Waals surface area contributed by atoms with E-state index in [9.17, 15) is 13.6 Å². The van der Waals surface area contributed by atoms with Crippen molar-refractivity contribution >= 4 is 18.4 Å². The van der Waals surface area contributed by atoms with Gasteiger partial charge in [-0.15, -0.1) is 0 Å². The molecule has 0 aliphatic heterocycles. The average molecular weight is 445 g/mol. The van der Waals surface area contributed by atoms with Crippen LogP contribution < -0.4 is 10.6 Å². The number of rotatable bonds is 10. The highest BCUT2D eigenvalue weighted by Crippen LogP contribution is 2.25. The minimum absolute atomic E-state index is 0.0713. The summed E-state index contributed by atoms with van der Waals surface area (Å²) in [7, 11) is 0. The first-order chi connectivity index (χ1) is 14.9. The Kier molecular flexibility index (Phi) is 8.67. The summed E-state index contributed by atoms with van der Waals surface area (Å²) in [5, 5.41) is 6.51. The third-order valence-electron chi connectivity index (χ3n) is 5.57. The second kappa shape index (κ2) is 11.4. The average Bonchev–Trinajstić information content (AvgIpc) is 2.76. The first-order valence-corrected chi connectivity index (χ1v) is 11.4. The maximum atomic E-state index is 14.6. The van der Waals surface area contributed by atoms with Crippen LogP contribution >= 0.6 is 12.6 Å². The minimum atomic E-state index is -0.444. The van der Waals surface area contributed by atoms with Crippen molar-refractivity contribution in [2.75, 3.05) is 6.54 Å². The standard InChI is InChI=1S/C25H30F2N2OS/c1-17(29-20-9-5-10-21(30)14-20)22-15-23(26)19(13-24(22)27)16-28-12-6-11-25(31)18-7-3-2-4-8-18/h2-4,7-8,13-15,17,25,28-29,31H,5-6,9-12,16H2,1H3/t17-,25-/m1/s1. The number of halogens is 2. The summed E-state index contributed by atoms with van der Waals surface area (Å²) < 4.78 is 29.2. The Morgan fingerprint density at radius 1 is 1.10 bits per heavy atom. The van der Waals surface area contributed by atoms with Gasteiger partial charge in [0.15, 0.2) is 5.78 Å². The Balaban J connectivity index is 1.49. The second-order valence-electron chi connectivity index (χ2n) is 8.07. The molecule has 2 aromatic carbocycles. The van der Waals surface area contributed by atoms with Crippen LogP contribution in [0, 0.1) is 11.6 Å². The number of ketones is 1. The Hall–Kier alpha value is -2.18. The van der Waals surface area contributed by atoms with Crippen LogP contribution in [-0.2, 0) is 11.3 Å². The van der Waals surface area contributed by atoms with E-state index in [4.69, 9.17) is 0 Å². The number of allylic oxidation sites excluding steroid dienone is 2. The van der Waals surface area contributed by atoms with Crippen LogP contribution in [0.25, 0.3) is 0 Å². The van der Waals surface area contributed by atoms with Gasteiger partial charge in [0, 0.05) is 41.1 Å². The molecule has 0 saturated heterocycles. The smallest absolute Gasteiger partial charge is 0.157 e. The first kappa shape index (κ1) is 23.5. The van der Waals surface area contributed by atoms with Crippen molar-refractivity contribution in [1.82, 2.24) is 10.6 Å². The minimum Gasteiger partial charge on any atom is -0.382 e. The zero-order valence-electron chi connectivity index (χ0n) is 17.8. The van der Waals surface area contributed by atoms with E-state index in [-0.39, 0.29) is 23.1 Å². The predicted octanol–water partition coefficient (Wildman–Crippen LogP) is 5.79. The van der Waals surface area contributed by atoms with Crippen LogP contribution in [0.4, 0.5) is 8.78 Å². The van der Waals surface area contributed by atoms with Gasteiger partial charge in [-0.1, -0.05) is 30.3 Å². The van der Waals surface area contributed by atoms with Crippen molar-refractivity contribution < 1.29 is 13.6 Å². The first-order valence-electron chi connectivity index (χ1n) is 10.9. The van der Waals surface area contributed by atoms with E-state index in [1.807, 2.05) is 18.2 Å². The lowest BCUT2D eigenvalue weighted by atomic mass is 10.0. The molecule has 31 heavy (non-hydrogen) atoms. The molecule has 3 nitrogen and oxygen atoms in total. The van der Waals surface area contributed by atoms with E-state index in [0.717, 1.165) is 31.4 Å². The number of carbonyl (C=O) groups excluding carboxylic acids is 1. The van der Waals surface area contributed by atoms with Crippen molar-refractivity contribution in [3.8, 4) is 0 Å². The maximum Gasteiger partial charge on any atom is 0.157 e. The molecule has 0 saturated carbocycles. The highest BCUT2D eigenvalue weighted by atomic mass is 32.1. The van der Waals surface area contributed by atoms with E-state index >= 15 is 0 Å². The van der Waals surface area contributed by atoms with Gasteiger partial charge in [-0.3, -0.25) is 4.79 Å². The zero-order valence-corrected chi connectivity index (χ0v) is 18.7. The summed E-state index contributed by atoms with van der Waals surface area (Å²) in [6.07, 6.45) is 5.44. The highest BCUT2D eigenvalue weighted by Gasteiger charge is 2.18. The summed E-state index contributed by atoms with van der Waals surface area (Å²) in [4.78, 5) is 11.6. The number of thiol groups is 1. The van der Waals surface area contributed by atoms with Gasteiger partial charge in [0.1, 0.15) is 11.6 Å². The van der Waals surface area contributed by atoms with Crippen LogP contribution in [0.1, 0.15) is 67.0 Å². The molecule has 2 atom stereocenters. The Morgan fingerprint density at radius 2 is 1.87 bits per heavy atom. The molecule has 166 valence electrons. The largest absolute Gasteiger partial charge is 0.382 e. The molecule has 2 aromatic rings. The molecule has 0 amide bonds. The van der Waals surface area contributed by atoms with Gasteiger partial charge in [0.2, 0.25) is 0 Å². The lowest BCUT2D eigenvalue weighted by molar-refractivity contribution is -0.115. The van der Waals surface area contributed by atoms with Crippen molar-refractivity contribution in [1.29, 1.82) is 0 Å². The quantitative estimate of drug-likeness (QED) is 0.321. The molecular formula is C25H30F2N2OS. The monoisotopic (exact) mass is 444 g/mol. The molecule has 0 spiro atoms. The molecule has 1 aliphatic carbocycles. The van der Waals surface area contributed by atoms with E-state index in [1.54, 1.807) is 13.0 Å². The third-order valence-corrected chi connectivity index (χ3v) is 6.13. The van der Waals surface area contributed by atoms with Crippen molar-refractivity contribution in [3.05, 3.63) is 82.6 Å². The molecule has 0 fully saturated rings. The van der Waals surface area contributed by atoms with E-state index in [0.29, 0.717) is 18.5 Å². The van der Waals surface area contributed by atoms with Crippen molar-refractivity contribution in [2.45, 2.75) is 56.9 Å². The van der Waals surface area contributed by atoms with Crippen LogP contribution in [0.3, 0.4) is 0 Å². The fourth-order valence-electron chi connectivity index (χ4n) is 3.82. The van der Waals surface area contributed by atoms with Gasteiger partial charge >= 0.3 is 0 Å². The summed E-state index contributed by atoms with van der Waals surface area (Å²) in [6, 6.07) is 12.2. The lowest BCUT2D eigenvalue weighted by Gasteiger charge is -2.21. The number of hydrogen-bond acceptors (Lipinski definition) is 4. The maximum absolute atomic E-state index is 14.6. The normalized spacial score (nSPS) is 16.0. The topological polar surface area (TPSA) is 41.1 Å². The number of carbonyl (C=O) groups is 1. The molecule has 0 heterocycles. The van der Waals surface area contributed by atoms with Gasteiger partial charge in [-0.05, 0) is 56.8 Å². The summed E-state index contributed by atoms with van der Waals surface area (Å²) in [6.45, 7) is 2.75. The predicted molar refractivity (Wildman–Crippen MR) is 124 cm³/mol. The number of nitrogens with one attached hydrogen (secondary N) is 2. The SMILES string of the molecule is C[C@@H](NC1=CC(=O)CCC1)c1cc(F)c(CNCCC[C@@H](S)c2ccccc2)cc1F. The van der Waals surface area contributed by atoms with Crippen molar-refractivity contribution in [2.24, 2.45) is 0 Å². The van der Waals surface area contributed by atoms with E-state index < -0.39 is 17.7 Å². The van der Waals surface area contributed by atoms with Gasteiger partial charge in [0.05, 0.1) is 6.04 Å². The van der Waals surface area contributed by atoms with Gasteiger partial charge in [0.25, 0.3) is 0 Å². The Labute approximate surface area is 188 Å². The van der Waals surface area contributed by atoms with E-state index in [1.165, 1.54) is 17.7 Å². The van der Waals surface area contributed by atoms with Gasteiger partial charge in [-0.25, -0.2) is 8.78 Å². The van der Waals surface area contributed by atoms with E-state index in [2.05, 4.69) is 35.4 Å². The highest BCUT2D eigenvalue weighted by molar-refractivity contribution is 7.80. The van der Waals surface area contributed by atoms with Crippen LogP contribution in [0.2, 0.25) is 0 Å². The number of hydrogen-bond donors (Lipinski definition) is 3. The Morgan fingerprint density at radius 3 is 2.61 bits per heavy atom. The summed E-state index contributed by atoms with van der Waals surface area (Å²) >= 11 is 4.64. The molecule has 1 aliphatic rings. The summed E-state index contributed by atoms with van der Waals surface area (Å²) in [5.74, 6) is -0.801. The molecule has 0 unspecified atom stereocenters. The van der Waals surface area contributed by atoms with Crippen LogP contribution in [0.15, 0.2) is 54.2 Å². The lowest BCUT2D eigenvalue weighted by Crippen LogP contribution is -2.23. The molecule has 0 radical (unpaired) electrons. The van der Waals surface area contributed by atoms with Gasteiger partial charge in [-0.2, -0.15) is 12.6 Å². The van der Waals surface area contributed by atoms with Crippen LogP contribution in [0.5, 0.6) is 0 Å². The second-order valence-corrected chi connectivity index (χ2v) is 8.69. The fraction of sp³-hybridized carbons (Fsp3) is 0.400. The summed E-state index contributed by atoms with van der Waals surface area (Å²) in [5.41, 5.74) is 2.55. The molecule has 2 N–H and O–H groups in total. The van der Waals surface area contributed by atoms with Gasteiger partial charge < -0.3 is 10.6 Å². The molecule has 0 bridgehead atoms. The molecule has 3 rings (SSSR count). The molecular weight excluding hydrogens is 414 g/mol. The number of benzene rings is 2. The van der Waals surface area contributed by atoms with Crippen molar-refractivity contribution in [3.63, 3.8) is 0 Å². The zero-order chi connectivity index (χ0) is 22.2. The fourth-order valence-corrected chi connectivity index (χ4v) is 4.17. The van der Waals surface area contributed by atoms with Crippen LogP contribution in [-0.4, -0.2) is 12.3 Å². The third kappa shape index (κ3) is 6.91. The molecule has 0 aromatic heterocycles. The Bertz CT molecular complexity index is 917. The molecule has 6 heteroatoms.